The smallest absolute Gasteiger partial charge is 0.304 e. The second-order valence-electron chi connectivity index (χ2n) is 3.73. The molecule has 0 aromatic heterocycles. The van der Waals surface area contributed by atoms with Crippen molar-refractivity contribution in [2.75, 3.05) is 12.4 Å². The summed E-state index contributed by atoms with van der Waals surface area (Å²) in [6.45, 7) is 2.83. The molecule has 1 aliphatic rings. The Kier molecular flexibility index (Phi) is 5.33. The first-order chi connectivity index (χ1) is 6.68. The highest BCUT2D eigenvalue weighted by atomic mass is 32.2. The van der Waals surface area contributed by atoms with Crippen LogP contribution in [0.2, 0.25) is 0 Å². The molecular formula is C10H18O3S. The van der Waals surface area contributed by atoms with Gasteiger partial charge in [-0.05, 0) is 19.3 Å². The molecule has 0 radical (unpaired) electrons. The Bertz CT molecular complexity index is 178. The molecule has 2 atom stereocenters. The van der Waals surface area contributed by atoms with E-state index in [0.717, 1.165) is 18.8 Å². The van der Waals surface area contributed by atoms with E-state index in [1.807, 2.05) is 6.92 Å². The maximum Gasteiger partial charge on any atom is 0.304 e. The van der Waals surface area contributed by atoms with Gasteiger partial charge in [-0.3, -0.25) is 4.79 Å². The Labute approximate surface area is 89.2 Å². The summed E-state index contributed by atoms with van der Waals surface area (Å²) in [7, 11) is 0. The molecule has 0 spiro atoms. The topological polar surface area (TPSA) is 46.5 Å². The van der Waals surface area contributed by atoms with Gasteiger partial charge in [-0.25, -0.2) is 0 Å². The van der Waals surface area contributed by atoms with E-state index >= 15 is 0 Å². The number of thioether (sulfide) groups is 1. The number of carboxylic acids is 1. The number of aliphatic carboxylic acids is 1. The van der Waals surface area contributed by atoms with Gasteiger partial charge in [0.25, 0.3) is 0 Å². The average molecular weight is 218 g/mol. The van der Waals surface area contributed by atoms with Crippen molar-refractivity contribution in [1.29, 1.82) is 0 Å². The van der Waals surface area contributed by atoms with Gasteiger partial charge in [-0.2, -0.15) is 11.8 Å². The summed E-state index contributed by atoms with van der Waals surface area (Å²) in [5.41, 5.74) is 0. The summed E-state index contributed by atoms with van der Waals surface area (Å²) in [4.78, 5) is 10.4. The normalized spacial score (nSPS) is 24.5. The molecule has 1 N–H and O–H groups in total. The van der Waals surface area contributed by atoms with E-state index < -0.39 is 5.97 Å². The Hall–Kier alpha value is -0.220. The first-order valence-corrected chi connectivity index (χ1v) is 6.18. The summed E-state index contributed by atoms with van der Waals surface area (Å²) in [6, 6.07) is 0. The Balaban J connectivity index is 2.09. The van der Waals surface area contributed by atoms with Gasteiger partial charge in [0.2, 0.25) is 0 Å². The number of ether oxygens (including phenoxy) is 1. The highest BCUT2D eigenvalue weighted by Gasteiger charge is 2.16. The van der Waals surface area contributed by atoms with Gasteiger partial charge >= 0.3 is 5.97 Å². The maximum atomic E-state index is 10.4. The van der Waals surface area contributed by atoms with Gasteiger partial charge in [0.05, 0.1) is 12.5 Å². The second-order valence-corrected chi connectivity index (χ2v) is 5.20. The molecule has 1 fully saturated rings. The molecule has 82 valence electrons. The third-order valence-corrected chi connectivity index (χ3v) is 3.60. The molecule has 2 unspecified atom stereocenters. The maximum absolute atomic E-state index is 10.4. The quantitative estimate of drug-likeness (QED) is 0.768. The predicted molar refractivity (Wildman–Crippen MR) is 57.8 cm³/mol. The zero-order valence-electron chi connectivity index (χ0n) is 8.57. The van der Waals surface area contributed by atoms with Gasteiger partial charge in [0.15, 0.2) is 0 Å². The van der Waals surface area contributed by atoms with Crippen LogP contribution in [0, 0.1) is 0 Å². The molecular weight excluding hydrogens is 200 g/mol. The second kappa shape index (κ2) is 6.30. The highest BCUT2D eigenvalue weighted by molar-refractivity contribution is 7.99. The van der Waals surface area contributed by atoms with Crippen LogP contribution in [0.4, 0.5) is 0 Å². The predicted octanol–water partition coefficient (Wildman–Crippen LogP) is 2.15. The van der Waals surface area contributed by atoms with Crippen molar-refractivity contribution >= 4 is 17.7 Å². The molecule has 1 aliphatic heterocycles. The molecule has 1 saturated heterocycles. The average Bonchev–Trinajstić information content (AvgIpc) is 2.15. The standard InChI is InChI=1S/C10H18O3S/c1-8(6-10(11)12)14-7-9-4-2-3-5-13-9/h8-9H,2-7H2,1H3,(H,11,12). The SMILES string of the molecule is CC(CC(=O)O)SCC1CCCCO1. The van der Waals surface area contributed by atoms with Crippen LogP contribution in [0.25, 0.3) is 0 Å². The van der Waals surface area contributed by atoms with Crippen LogP contribution < -0.4 is 0 Å². The first-order valence-electron chi connectivity index (χ1n) is 5.13. The summed E-state index contributed by atoms with van der Waals surface area (Å²) < 4.78 is 5.57. The Morgan fingerprint density at radius 3 is 3.00 bits per heavy atom. The van der Waals surface area contributed by atoms with Crippen molar-refractivity contribution in [2.24, 2.45) is 0 Å². The Morgan fingerprint density at radius 1 is 1.64 bits per heavy atom. The van der Waals surface area contributed by atoms with Crippen molar-refractivity contribution in [1.82, 2.24) is 0 Å². The monoisotopic (exact) mass is 218 g/mol. The highest BCUT2D eigenvalue weighted by Crippen LogP contribution is 2.21. The van der Waals surface area contributed by atoms with Crippen LogP contribution in [0.5, 0.6) is 0 Å². The molecule has 0 aromatic carbocycles. The molecule has 1 heterocycles. The Morgan fingerprint density at radius 2 is 2.43 bits per heavy atom. The fourth-order valence-electron chi connectivity index (χ4n) is 1.52. The molecule has 0 saturated carbocycles. The van der Waals surface area contributed by atoms with Gasteiger partial charge in [-0.1, -0.05) is 6.92 Å². The molecule has 1 rings (SSSR count). The van der Waals surface area contributed by atoms with Gasteiger partial charge in [0.1, 0.15) is 0 Å². The van der Waals surface area contributed by atoms with Crippen LogP contribution in [-0.4, -0.2) is 34.8 Å². The van der Waals surface area contributed by atoms with E-state index in [9.17, 15) is 4.79 Å². The molecule has 0 bridgehead atoms. The van der Waals surface area contributed by atoms with Crippen LogP contribution in [0.1, 0.15) is 32.6 Å². The lowest BCUT2D eigenvalue weighted by Crippen LogP contribution is -2.22. The van der Waals surface area contributed by atoms with Gasteiger partial charge < -0.3 is 9.84 Å². The summed E-state index contributed by atoms with van der Waals surface area (Å²) in [5, 5.41) is 8.77. The lowest BCUT2D eigenvalue weighted by Gasteiger charge is -2.23. The minimum absolute atomic E-state index is 0.193. The minimum atomic E-state index is -0.713. The minimum Gasteiger partial charge on any atom is -0.481 e. The van der Waals surface area contributed by atoms with Gasteiger partial charge in [-0.15, -0.1) is 0 Å². The van der Waals surface area contributed by atoms with E-state index in [0.29, 0.717) is 6.10 Å². The van der Waals surface area contributed by atoms with Crippen LogP contribution in [0.15, 0.2) is 0 Å². The van der Waals surface area contributed by atoms with E-state index in [-0.39, 0.29) is 11.7 Å². The fourth-order valence-corrected chi connectivity index (χ4v) is 2.58. The number of hydrogen-bond donors (Lipinski definition) is 1. The third kappa shape index (κ3) is 4.86. The number of rotatable bonds is 5. The molecule has 0 amide bonds. The summed E-state index contributed by atoms with van der Waals surface area (Å²) in [6.07, 6.45) is 4.15. The lowest BCUT2D eigenvalue weighted by molar-refractivity contribution is -0.136. The van der Waals surface area contributed by atoms with Crippen LogP contribution >= 0.6 is 11.8 Å². The molecule has 4 heteroatoms. The lowest BCUT2D eigenvalue weighted by atomic mass is 10.1. The van der Waals surface area contributed by atoms with Crippen LogP contribution in [0.3, 0.4) is 0 Å². The number of hydrogen-bond acceptors (Lipinski definition) is 3. The largest absolute Gasteiger partial charge is 0.481 e. The zero-order valence-corrected chi connectivity index (χ0v) is 9.39. The fraction of sp³-hybridized carbons (Fsp3) is 0.900. The van der Waals surface area contributed by atoms with Gasteiger partial charge in [0, 0.05) is 17.6 Å². The van der Waals surface area contributed by atoms with Crippen LogP contribution in [-0.2, 0) is 9.53 Å². The third-order valence-electron chi connectivity index (χ3n) is 2.30. The number of carbonyl (C=O) groups is 1. The van der Waals surface area contributed by atoms with Crippen molar-refractivity contribution < 1.29 is 14.6 Å². The molecule has 3 nitrogen and oxygen atoms in total. The summed E-state index contributed by atoms with van der Waals surface area (Å²) in [5.74, 6) is 0.226. The molecule has 0 aromatic rings. The summed E-state index contributed by atoms with van der Waals surface area (Å²) >= 11 is 1.71. The molecule has 0 aliphatic carbocycles. The first kappa shape index (κ1) is 11.9. The van der Waals surface area contributed by atoms with Crippen molar-refractivity contribution in [3.63, 3.8) is 0 Å². The van der Waals surface area contributed by atoms with Crippen molar-refractivity contribution in [3.05, 3.63) is 0 Å². The van der Waals surface area contributed by atoms with E-state index in [4.69, 9.17) is 9.84 Å². The molecule has 14 heavy (non-hydrogen) atoms. The van der Waals surface area contributed by atoms with E-state index in [2.05, 4.69) is 0 Å². The number of carboxylic acid groups (broad SMARTS) is 1. The van der Waals surface area contributed by atoms with Crippen molar-refractivity contribution in [3.8, 4) is 0 Å². The zero-order chi connectivity index (χ0) is 10.4. The van der Waals surface area contributed by atoms with E-state index in [1.165, 1.54) is 12.8 Å². The van der Waals surface area contributed by atoms with Crippen molar-refractivity contribution in [2.45, 2.75) is 44.0 Å². The van der Waals surface area contributed by atoms with E-state index in [1.54, 1.807) is 11.8 Å².